The summed E-state index contributed by atoms with van der Waals surface area (Å²) in [6.07, 6.45) is 0. The Labute approximate surface area is 116 Å². The topological polar surface area (TPSA) is 44.4 Å². The first kappa shape index (κ1) is 13.5. The Morgan fingerprint density at radius 3 is 2.89 bits per heavy atom. The van der Waals surface area contributed by atoms with Crippen LogP contribution in [0.3, 0.4) is 0 Å². The molecule has 2 rings (SSSR count). The van der Waals surface area contributed by atoms with Crippen LogP contribution in [0, 0.1) is 0 Å². The fourth-order valence-corrected chi connectivity index (χ4v) is 2.31. The molecule has 1 aliphatic heterocycles. The molecule has 5 heteroatoms. The Kier molecular flexibility index (Phi) is 4.74. The molecule has 2 N–H and O–H groups in total. The Hall–Kier alpha value is -0.910. The van der Waals surface area contributed by atoms with Crippen LogP contribution in [0.4, 0.5) is 0 Å². The summed E-state index contributed by atoms with van der Waals surface area (Å²) < 4.78 is 0.981. The molecule has 4 nitrogen and oxygen atoms in total. The number of halogens is 1. The summed E-state index contributed by atoms with van der Waals surface area (Å²) in [6.45, 7) is 3.69. The average Bonchev–Trinajstić information content (AvgIpc) is 2.37. The summed E-state index contributed by atoms with van der Waals surface area (Å²) in [5.41, 5.74) is 0.697. The molecule has 0 aromatic heterocycles. The Bertz CT molecular complexity index is 407. The summed E-state index contributed by atoms with van der Waals surface area (Å²) >= 11 is 3.36. The van der Waals surface area contributed by atoms with Gasteiger partial charge in [-0.25, -0.2) is 0 Å². The zero-order valence-electron chi connectivity index (χ0n) is 10.4. The van der Waals surface area contributed by atoms with Gasteiger partial charge in [-0.05, 0) is 31.3 Å². The molecule has 1 unspecified atom stereocenters. The number of carbonyl (C=O) groups excluding carboxylic acids is 1. The van der Waals surface area contributed by atoms with Gasteiger partial charge in [0, 0.05) is 42.3 Å². The lowest BCUT2D eigenvalue weighted by Gasteiger charge is -2.30. The van der Waals surface area contributed by atoms with Crippen LogP contribution in [0.15, 0.2) is 28.7 Å². The molecule has 0 aliphatic carbocycles. The average molecular weight is 312 g/mol. The van der Waals surface area contributed by atoms with Crippen molar-refractivity contribution in [2.45, 2.75) is 6.04 Å². The van der Waals surface area contributed by atoms with Crippen molar-refractivity contribution in [2.75, 3.05) is 33.2 Å². The quantitative estimate of drug-likeness (QED) is 0.878. The predicted octanol–water partition coefficient (Wildman–Crippen LogP) is 1.08. The van der Waals surface area contributed by atoms with Gasteiger partial charge in [-0.3, -0.25) is 4.79 Å². The van der Waals surface area contributed by atoms with E-state index in [9.17, 15) is 4.79 Å². The van der Waals surface area contributed by atoms with E-state index < -0.39 is 0 Å². The van der Waals surface area contributed by atoms with Crippen LogP contribution in [-0.4, -0.2) is 50.1 Å². The number of nitrogens with zero attached hydrogens (tertiary/aromatic N) is 1. The van der Waals surface area contributed by atoms with E-state index in [1.165, 1.54) is 0 Å². The van der Waals surface area contributed by atoms with Crippen LogP contribution in [0.25, 0.3) is 0 Å². The lowest BCUT2D eigenvalue weighted by atomic mass is 10.2. The number of piperazine rings is 1. The Balaban J connectivity index is 1.82. The molecule has 1 amide bonds. The van der Waals surface area contributed by atoms with E-state index in [2.05, 4.69) is 38.5 Å². The number of carbonyl (C=O) groups is 1. The number of amides is 1. The predicted molar refractivity (Wildman–Crippen MR) is 75.8 cm³/mol. The Morgan fingerprint density at radius 2 is 2.22 bits per heavy atom. The molecule has 1 heterocycles. The standard InChI is InChI=1S/C13H18BrN3O/c1-17-7-6-15-12(9-17)8-16-13(18)10-2-4-11(14)5-3-10/h2-5,12,15H,6-9H2,1H3,(H,16,18). The van der Waals surface area contributed by atoms with Gasteiger partial charge in [0.25, 0.3) is 5.91 Å². The largest absolute Gasteiger partial charge is 0.350 e. The number of benzene rings is 1. The van der Waals surface area contributed by atoms with E-state index in [1.807, 2.05) is 24.3 Å². The minimum absolute atomic E-state index is 0.0162. The molecule has 1 aromatic rings. The maximum atomic E-state index is 11.9. The molecule has 1 atom stereocenters. The monoisotopic (exact) mass is 311 g/mol. The Morgan fingerprint density at radius 1 is 1.50 bits per heavy atom. The van der Waals surface area contributed by atoms with Gasteiger partial charge in [0.2, 0.25) is 0 Å². The summed E-state index contributed by atoms with van der Waals surface area (Å²) in [7, 11) is 2.10. The van der Waals surface area contributed by atoms with Crippen molar-refractivity contribution >= 4 is 21.8 Å². The van der Waals surface area contributed by atoms with Crippen molar-refractivity contribution in [1.29, 1.82) is 0 Å². The highest BCUT2D eigenvalue weighted by Crippen LogP contribution is 2.10. The molecule has 1 fully saturated rings. The zero-order chi connectivity index (χ0) is 13.0. The highest BCUT2D eigenvalue weighted by molar-refractivity contribution is 9.10. The number of hydrogen-bond donors (Lipinski definition) is 2. The molecule has 1 saturated heterocycles. The molecule has 0 radical (unpaired) electrons. The van der Waals surface area contributed by atoms with Crippen LogP contribution >= 0.6 is 15.9 Å². The number of rotatable bonds is 3. The molecule has 0 saturated carbocycles. The van der Waals surface area contributed by atoms with E-state index in [0.717, 1.165) is 24.1 Å². The third kappa shape index (κ3) is 3.80. The fraction of sp³-hybridized carbons (Fsp3) is 0.462. The van der Waals surface area contributed by atoms with Gasteiger partial charge in [0.1, 0.15) is 0 Å². The van der Waals surface area contributed by atoms with E-state index in [-0.39, 0.29) is 5.91 Å². The van der Waals surface area contributed by atoms with Crippen molar-refractivity contribution in [2.24, 2.45) is 0 Å². The van der Waals surface area contributed by atoms with Crippen LogP contribution < -0.4 is 10.6 Å². The molecule has 1 aromatic carbocycles. The smallest absolute Gasteiger partial charge is 0.251 e. The normalized spacial score (nSPS) is 20.7. The van der Waals surface area contributed by atoms with Crippen LogP contribution in [0.1, 0.15) is 10.4 Å². The fourth-order valence-electron chi connectivity index (χ4n) is 2.05. The van der Waals surface area contributed by atoms with Gasteiger partial charge in [0.15, 0.2) is 0 Å². The number of hydrogen-bond acceptors (Lipinski definition) is 3. The molecule has 98 valence electrons. The van der Waals surface area contributed by atoms with Gasteiger partial charge in [-0.2, -0.15) is 0 Å². The van der Waals surface area contributed by atoms with Gasteiger partial charge in [0.05, 0.1) is 0 Å². The maximum absolute atomic E-state index is 11.9. The van der Waals surface area contributed by atoms with Gasteiger partial charge in [-0.1, -0.05) is 15.9 Å². The lowest BCUT2D eigenvalue weighted by Crippen LogP contribution is -2.53. The molecule has 1 aliphatic rings. The summed E-state index contributed by atoms with van der Waals surface area (Å²) in [5.74, 6) is -0.0162. The molecule has 18 heavy (non-hydrogen) atoms. The van der Waals surface area contributed by atoms with Gasteiger partial charge < -0.3 is 15.5 Å². The van der Waals surface area contributed by atoms with E-state index in [0.29, 0.717) is 18.2 Å². The highest BCUT2D eigenvalue weighted by Gasteiger charge is 2.17. The number of nitrogens with one attached hydrogen (secondary N) is 2. The molecule has 0 bridgehead atoms. The summed E-state index contributed by atoms with van der Waals surface area (Å²) in [6, 6.07) is 7.73. The van der Waals surface area contributed by atoms with E-state index >= 15 is 0 Å². The third-order valence-electron chi connectivity index (χ3n) is 3.07. The van der Waals surface area contributed by atoms with Gasteiger partial charge in [-0.15, -0.1) is 0 Å². The van der Waals surface area contributed by atoms with Crippen molar-refractivity contribution in [3.63, 3.8) is 0 Å². The lowest BCUT2D eigenvalue weighted by molar-refractivity contribution is 0.0944. The number of likely N-dealkylation sites (N-methyl/N-ethyl adjacent to an activating group) is 1. The first-order chi connectivity index (χ1) is 8.65. The molecule has 0 spiro atoms. The van der Waals surface area contributed by atoms with Crippen LogP contribution in [-0.2, 0) is 0 Å². The zero-order valence-corrected chi connectivity index (χ0v) is 12.0. The van der Waals surface area contributed by atoms with Crippen molar-refractivity contribution in [3.05, 3.63) is 34.3 Å². The second kappa shape index (κ2) is 6.31. The van der Waals surface area contributed by atoms with Gasteiger partial charge >= 0.3 is 0 Å². The molecular weight excluding hydrogens is 294 g/mol. The molecular formula is C13H18BrN3O. The first-order valence-corrected chi connectivity index (χ1v) is 6.90. The highest BCUT2D eigenvalue weighted by atomic mass is 79.9. The summed E-state index contributed by atoms with van der Waals surface area (Å²) in [5, 5.41) is 6.37. The minimum atomic E-state index is -0.0162. The third-order valence-corrected chi connectivity index (χ3v) is 3.60. The second-order valence-electron chi connectivity index (χ2n) is 4.63. The second-order valence-corrected chi connectivity index (χ2v) is 5.55. The van der Waals surface area contributed by atoms with Crippen molar-refractivity contribution < 1.29 is 4.79 Å². The van der Waals surface area contributed by atoms with Crippen molar-refractivity contribution in [3.8, 4) is 0 Å². The SMILES string of the molecule is CN1CCNC(CNC(=O)c2ccc(Br)cc2)C1. The van der Waals surface area contributed by atoms with Crippen LogP contribution in [0.5, 0.6) is 0 Å². The van der Waals surface area contributed by atoms with Crippen LogP contribution in [0.2, 0.25) is 0 Å². The first-order valence-electron chi connectivity index (χ1n) is 6.11. The summed E-state index contributed by atoms with van der Waals surface area (Å²) in [4.78, 5) is 14.2. The minimum Gasteiger partial charge on any atom is -0.350 e. The van der Waals surface area contributed by atoms with E-state index in [4.69, 9.17) is 0 Å². The maximum Gasteiger partial charge on any atom is 0.251 e. The van der Waals surface area contributed by atoms with Crippen molar-refractivity contribution in [1.82, 2.24) is 15.5 Å². The van der Waals surface area contributed by atoms with E-state index in [1.54, 1.807) is 0 Å².